The maximum absolute atomic E-state index is 12.4. The molecule has 0 heterocycles. The molecular formula is C18H26F3NO3. The van der Waals surface area contributed by atoms with Crippen molar-refractivity contribution in [3.05, 3.63) is 29.8 Å². The Morgan fingerprint density at radius 1 is 1.24 bits per heavy atom. The molecule has 1 atom stereocenters. The summed E-state index contributed by atoms with van der Waals surface area (Å²) in [5.74, 6) is -0.489. The van der Waals surface area contributed by atoms with Crippen LogP contribution in [0.15, 0.2) is 24.3 Å². The van der Waals surface area contributed by atoms with Crippen LogP contribution in [0.2, 0.25) is 0 Å². The first kappa shape index (κ1) is 21.3. The smallest absolute Gasteiger partial charge is 0.406 e. The molecule has 0 bridgehead atoms. The van der Waals surface area contributed by atoms with E-state index in [1.54, 1.807) is 6.07 Å². The summed E-state index contributed by atoms with van der Waals surface area (Å²) >= 11 is 0. The fourth-order valence-corrected chi connectivity index (χ4v) is 2.14. The van der Waals surface area contributed by atoms with Gasteiger partial charge < -0.3 is 14.8 Å². The molecule has 1 N–H and O–H groups in total. The maximum Gasteiger partial charge on any atom is 0.573 e. The molecule has 7 heteroatoms. The predicted molar refractivity (Wildman–Crippen MR) is 89.2 cm³/mol. The summed E-state index contributed by atoms with van der Waals surface area (Å²) in [6, 6.07) is 5.04. The summed E-state index contributed by atoms with van der Waals surface area (Å²) in [5.41, 5.74) is 0.520. The van der Waals surface area contributed by atoms with Crippen molar-refractivity contribution < 1.29 is 27.4 Å². The van der Waals surface area contributed by atoms with Crippen molar-refractivity contribution in [3.63, 3.8) is 0 Å². The summed E-state index contributed by atoms with van der Waals surface area (Å²) in [6.07, 6.45) is -3.72. The lowest BCUT2D eigenvalue weighted by atomic mass is 9.90. The van der Waals surface area contributed by atoms with Crippen molar-refractivity contribution in [3.8, 4) is 5.75 Å². The molecule has 1 amide bonds. The van der Waals surface area contributed by atoms with Crippen molar-refractivity contribution in [1.29, 1.82) is 0 Å². The van der Waals surface area contributed by atoms with Crippen LogP contribution in [0.1, 0.15) is 52.1 Å². The lowest BCUT2D eigenvalue weighted by Crippen LogP contribution is -2.32. The normalized spacial score (nSPS) is 13.4. The first-order chi connectivity index (χ1) is 11.5. The number of hydrogen-bond donors (Lipinski definition) is 1. The lowest BCUT2D eigenvalue weighted by molar-refractivity contribution is -0.274. The first-order valence-electron chi connectivity index (χ1n) is 8.23. The van der Waals surface area contributed by atoms with E-state index < -0.39 is 12.4 Å². The van der Waals surface area contributed by atoms with Crippen LogP contribution in [-0.4, -0.2) is 25.5 Å². The van der Waals surface area contributed by atoms with Crippen LogP contribution >= 0.6 is 0 Å². The second-order valence-electron chi connectivity index (χ2n) is 6.96. The van der Waals surface area contributed by atoms with E-state index in [9.17, 15) is 18.0 Å². The van der Waals surface area contributed by atoms with Gasteiger partial charge in [0.15, 0.2) is 0 Å². The van der Waals surface area contributed by atoms with Crippen LogP contribution in [0, 0.1) is 5.41 Å². The Morgan fingerprint density at radius 2 is 1.92 bits per heavy atom. The Bertz CT molecular complexity index is 553. The Kier molecular flexibility index (Phi) is 7.73. The Labute approximate surface area is 146 Å². The minimum absolute atomic E-state index is 0.0211. The molecule has 0 radical (unpaired) electrons. The predicted octanol–water partition coefficient (Wildman–Crippen LogP) is 4.61. The van der Waals surface area contributed by atoms with E-state index in [-0.39, 0.29) is 23.7 Å². The van der Waals surface area contributed by atoms with E-state index in [0.717, 1.165) is 0 Å². The third kappa shape index (κ3) is 9.34. The molecule has 0 aliphatic heterocycles. The molecular weight excluding hydrogens is 335 g/mol. The molecule has 0 aliphatic carbocycles. The van der Waals surface area contributed by atoms with Gasteiger partial charge in [-0.3, -0.25) is 4.79 Å². The van der Waals surface area contributed by atoms with E-state index >= 15 is 0 Å². The maximum atomic E-state index is 12.4. The van der Waals surface area contributed by atoms with Crippen LogP contribution in [0.5, 0.6) is 5.75 Å². The summed E-state index contributed by atoms with van der Waals surface area (Å²) < 4.78 is 46.4. The van der Waals surface area contributed by atoms with E-state index in [2.05, 4.69) is 10.1 Å². The monoisotopic (exact) mass is 361 g/mol. The number of halogens is 3. The SMILES string of the molecule is CCOC[C@H](NC(=O)CCC(C)(C)C)c1cccc(OC(F)(F)F)c1. The standard InChI is InChI=1S/C18H26F3NO3/c1-5-24-12-15(22-16(23)9-10-17(2,3)4)13-7-6-8-14(11-13)25-18(19,20)21/h6-8,11,15H,5,9-10,12H2,1-4H3,(H,22,23)/t15-/m0/s1. The third-order valence-corrected chi connectivity index (χ3v) is 3.42. The van der Waals surface area contributed by atoms with Gasteiger partial charge in [0.1, 0.15) is 5.75 Å². The number of carbonyl (C=O) groups excluding carboxylic acids is 1. The average molecular weight is 361 g/mol. The van der Waals surface area contributed by atoms with Gasteiger partial charge in [0, 0.05) is 13.0 Å². The number of hydrogen-bond acceptors (Lipinski definition) is 3. The van der Waals surface area contributed by atoms with Gasteiger partial charge in [0.2, 0.25) is 5.91 Å². The molecule has 0 unspecified atom stereocenters. The number of amides is 1. The van der Waals surface area contributed by atoms with Gasteiger partial charge >= 0.3 is 6.36 Å². The zero-order valence-corrected chi connectivity index (χ0v) is 15.1. The Hall–Kier alpha value is -1.76. The lowest BCUT2D eigenvalue weighted by Gasteiger charge is -2.22. The highest BCUT2D eigenvalue weighted by atomic mass is 19.4. The highest BCUT2D eigenvalue weighted by Crippen LogP contribution is 2.26. The summed E-state index contributed by atoms with van der Waals surface area (Å²) in [7, 11) is 0. The molecule has 0 saturated carbocycles. The van der Waals surface area contributed by atoms with Crippen LogP contribution in [-0.2, 0) is 9.53 Å². The summed E-state index contributed by atoms with van der Waals surface area (Å²) in [5, 5.41) is 2.83. The molecule has 0 fully saturated rings. The van der Waals surface area contributed by atoms with Gasteiger partial charge in [-0.05, 0) is 36.5 Å². The van der Waals surface area contributed by atoms with Crippen molar-refractivity contribution in [2.45, 2.75) is 52.9 Å². The molecule has 142 valence electrons. The zero-order valence-electron chi connectivity index (χ0n) is 15.1. The van der Waals surface area contributed by atoms with E-state index in [1.807, 2.05) is 27.7 Å². The first-order valence-corrected chi connectivity index (χ1v) is 8.23. The van der Waals surface area contributed by atoms with Crippen LogP contribution < -0.4 is 10.1 Å². The topological polar surface area (TPSA) is 47.6 Å². The van der Waals surface area contributed by atoms with E-state index in [0.29, 0.717) is 25.0 Å². The molecule has 0 aliphatic rings. The number of benzene rings is 1. The molecule has 1 aromatic rings. The molecule has 4 nitrogen and oxygen atoms in total. The van der Waals surface area contributed by atoms with Crippen LogP contribution in [0.3, 0.4) is 0 Å². The second-order valence-corrected chi connectivity index (χ2v) is 6.96. The fraction of sp³-hybridized carbons (Fsp3) is 0.611. The van der Waals surface area contributed by atoms with E-state index in [1.165, 1.54) is 18.2 Å². The third-order valence-electron chi connectivity index (χ3n) is 3.42. The minimum Gasteiger partial charge on any atom is -0.406 e. The van der Waals surface area contributed by atoms with E-state index in [4.69, 9.17) is 4.74 Å². The summed E-state index contributed by atoms with van der Waals surface area (Å²) in [4.78, 5) is 12.2. The number of carbonyl (C=O) groups is 1. The van der Waals surface area contributed by atoms with Gasteiger partial charge in [0.05, 0.1) is 12.6 Å². The van der Waals surface area contributed by atoms with Crippen molar-refractivity contribution in [2.24, 2.45) is 5.41 Å². The number of alkyl halides is 3. The Morgan fingerprint density at radius 3 is 2.48 bits per heavy atom. The molecule has 0 spiro atoms. The largest absolute Gasteiger partial charge is 0.573 e. The Balaban J connectivity index is 2.84. The quantitative estimate of drug-likeness (QED) is 0.736. The molecule has 0 aromatic heterocycles. The minimum atomic E-state index is -4.76. The molecule has 1 aromatic carbocycles. The van der Waals surface area contributed by atoms with Crippen LogP contribution in [0.4, 0.5) is 13.2 Å². The van der Waals surface area contributed by atoms with Gasteiger partial charge in [-0.15, -0.1) is 13.2 Å². The fourth-order valence-electron chi connectivity index (χ4n) is 2.14. The van der Waals surface area contributed by atoms with Gasteiger partial charge in [-0.1, -0.05) is 32.9 Å². The number of nitrogens with one attached hydrogen (secondary N) is 1. The van der Waals surface area contributed by atoms with Gasteiger partial charge in [-0.25, -0.2) is 0 Å². The van der Waals surface area contributed by atoms with Crippen molar-refractivity contribution >= 4 is 5.91 Å². The number of rotatable bonds is 8. The second kappa shape index (κ2) is 9.08. The highest BCUT2D eigenvalue weighted by Gasteiger charge is 2.31. The zero-order chi connectivity index (χ0) is 19.1. The average Bonchev–Trinajstić information content (AvgIpc) is 2.47. The molecule has 25 heavy (non-hydrogen) atoms. The van der Waals surface area contributed by atoms with Crippen LogP contribution in [0.25, 0.3) is 0 Å². The van der Waals surface area contributed by atoms with Gasteiger partial charge in [-0.2, -0.15) is 0 Å². The summed E-state index contributed by atoms with van der Waals surface area (Å²) in [6.45, 7) is 8.53. The number of ether oxygens (including phenoxy) is 2. The highest BCUT2D eigenvalue weighted by molar-refractivity contribution is 5.76. The van der Waals surface area contributed by atoms with Gasteiger partial charge in [0.25, 0.3) is 0 Å². The molecule has 1 rings (SSSR count). The van der Waals surface area contributed by atoms with Crippen molar-refractivity contribution in [2.75, 3.05) is 13.2 Å². The van der Waals surface area contributed by atoms with Crippen molar-refractivity contribution in [1.82, 2.24) is 5.32 Å². The molecule has 0 saturated heterocycles.